The molecular weight excluding hydrogens is 370 g/mol. The number of carbonyl (C=O) groups is 1. The van der Waals surface area contributed by atoms with Crippen molar-refractivity contribution in [2.75, 3.05) is 12.9 Å². The van der Waals surface area contributed by atoms with Gasteiger partial charge in [0, 0.05) is 17.1 Å². The minimum atomic E-state index is 0.00185. The van der Waals surface area contributed by atoms with Gasteiger partial charge in [0.25, 0.3) is 0 Å². The number of para-hydroxylation sites is 1. The number of hydrogen-bond donors (Lipinski definition) is 0. The van der Waals surface area contributed by atoms with E-state index in [9.17, 15) is 4.79 Å². The standard InChI is InChI=1S/C19H18ClN3O2S/c1-3-23-18(15-9-4-5-10-17(15)25-2)21-22-19(23)26-12-16(24)13-7-6-8-14(20)11-13/h4-11H,3,12H2,1-2H3. The molecule has 7 heteroatoms. The molecule has 3 rings (SSSR count). The Kier molecular flexibility index (Phi) is 5.96. The second-order valence-corrected chi connectivity index (χ2v) is 6.85. The third kappa shape index (κ3) is 3.92. The maximum atomic E-state index is 12.4. The van der Waals surface area contributed by atoms with Crippen LogP contribution in [0.4, 0.5) is 0 Å². The summed E-state index contributed by atoms with van der Waals surface area (Å²) >= 11 is 7.32. The summed E-state index contributed by atoms with van der Waals surface area (Å²) in [5, 5.41) is 9.82. The van der Waals surface area contributed by atoms with E-state index in [-0.39, 0.29) is 11.5 Å². The summed E-state index contributed by atoms with van der Waals surface area (Å²) in [5.41, 5.74) is 1.47. The Balaban J connectivity index is 1.81. The summed E-state index contributed by atoms with van der Waals surface area (Å²) in [5.74, 6) is 1.73. The summed E-state index contributed by atoms with van der Waals surface area (Å²) in [6.07, 6.45) is 0. The van der Waals surface area contributed by atoms with E-state index < -0.39 is 0 Å². The van der Waals surface area contributed by atoms with Crippen molar-refractivity contribution >= 4 is 29.1 Å². The highest BCUT2D eigenvalue weighted by Crippen LogP contribution is 2.31. The first-order valence-corrected chi connectivity index (χ1v) is 9.48. The van der Waals surface area contributed by atoms with Gasteiger partial charge in [0.15, 0.2) is 16.8 Å². The van der Waals surface area contributed by atoms with Gasteiger partial charge < -0.3 is 9.30 Å². The highest BCUT2D eigenvalue weighted by Gasteiger charge is 2.17. The number of thioether (sulfide) groups is 1. The van der Waals surface area contributed by atoms with Crippen molar-refractivity contribution in [2.24, 2.45) is 0 Å². The molecule has 134 valence electrons. The SMILES string of the molecule is CCn1c(SCC(=O)c2cccc(Cl)c2)nnc1-c1ccccc1OC. The molecule has 0 saturated heterocycles. The van der Waals surface area contributed by atoms with Crippen molar-refractivity contribution in [1.29, 1.82) is 0 Å². The highest BCUT2D eigenvalue weighted by molar-refractivity contribution is 7.99. The van der Waals surface area contributed by atoms with Crippen LogP contribution in [0.5, 0.6) is 5.75 Å². The molecule has 0 aliphatic carbocycles. The number of methoxy groups -OCH3 is 1. The Bertz CT molecular complexity index is 927. The molecule has 0 N–H and O–H groups in total. The van der Waals surface area contributed by atoms with Crippen LogP contribution in [0.25, 0.3) is 11.4 Å². The normalized spacial score (nSPS) is 10.7. The molecule has 0 fully saturated rings. The lowest BCUT2D eigenvalue weighted by Crippen LogP contribution is -2.05. The Morgan fingerprint density at radius 3 is 2.73 bits per heavy atom. The zero-order chi connectivity index (χ0) is 18.5. The van der Waals surface area contributed by atoms with E-state index >= 15 is 0 Å². The molecule has 0 aliphatic heterocycles. The minimum absolute atomic E-state index is 0.00185. The molecule has 0 saturated carbocycles. The zero-order valence-electron chi connectivity index (χ0n) is 14.5. The van der Waals surface area contributed by atoms with E-state index in [1.807, 2.05) is 35.8 Å². The van der Waals surface area contributed by atoms with E-state index in [0.29, 0.717) is 22.3 Å². The number of rotatable bonds is 7. The molecule has 3 aromatic rings. The van der Waals surface area contributed by atoms with E-state index in [0.717, 1.165) is 17.1 Å². The Morgan fingerprint density at radius 2 is 2.00 bits per heavy atom. The van der Waals surface area contributed by atoms with Gasteiger partial charge in [-0.3, -0.25) is 4.79 Å². The average molecular weight is 388 g/mol. The highest BCUT2D eigenvalue weighted by atomic mass is 35.5. The summed E-state index contributed by atoms with van der Waals surface area (Å²) in [4.78, 5) is 12.4. The first-order chi connectivity index (χ1) is 12.6. The summed E-state index contributed by atoms with van der Waals surface area (Å²) in [7, 11) is 1.63. The van der Waals surface area contributed by atoms with Crippen LogP contribution < -0.4 is 4.74 Å². The van der Waals surface area contributed by atoms with Gasteiger partial charge in [0.1, 0.15) is 5.75 Å². The van der Waals surface area contributed by atoms with Gasteiger partial charge in [-0.1, -0.05) is 47.6 Å². The summed E-state index contributed by atoms with van der Waals surface area (Å²) < 4.78 is 7.40. The molecule has 0 amide bonds. The van der Waals surface area contributed by atoms with E-state index in [1.54, 1.807) is 31.4 Å². The van der Waals surface area contributed by atoms with Crippen molar-refractivity contribution in [3.05, 3.63) is 59.1 Å². The van der Waals surface area contributed by atoms with E-state index in [2.05, 4.69) is 10.2 Å². The predicted octanol–water partition coefficient (Wildman–Crippen LogP) is 4.60. The summed E-state index contributed by atoms with van der Waals surface area (Å²) in [6, 6.07) is 14.6. The summed E-state index contributed by atoms with van der Waals surface area (Å²) in [6.45, 7) is 2.71. The lowest BCUT2D eigenvalue weighted by molar-refractivity contribution is 0.102. The van der Waals surface area contributed by atoms with Crippen LogP contribution in [0.15, 0.2) is 53.7 Å². The molecule has 1 heterocycles. The van der Waals surface area contributed by atoms with Gasteiger partial charge in [-0.15, -0.1) is 10.2 Å². The minimum Gasteiger partial charge on any atom is -0.496 e. The van der Waals surface area contributed by atoms with Gasteiger partial charge >= 0.3 is 0 Å². The quantitative estimate of drug-likeness (QED) is 0.438. The fourth-order valence-corrected chi connectivity index (χ4v) is 3.67. The Morgan fingerprint density at radius 1 is 1.19 bits per heavy atom. The van der Waals surface area contributed by atoms with E-state index in [1.165, 1.54) is 11.8 Å². The Labute approximate surface area is 161 Å². The molecule has 2 aromatic carbocycles. The van der Waals surface area contributed by atoms with Crippen LogP contribution in [0.1, 0.15) is 17.3 Å². The molecule has 1 aromatic heterocycles. The number of aromatic nitrogens is 3. The smallest absolute Gasteiger partial charge is 0.191 e. The van der Waals surface area contributed by atoms with Gasteiger partial charge in [0.05, 0.1) is 18.4 Å². The fourth-order valence-electron chi connectivity index (χ4n) is 2.58. The van der Waals surface area contributed by atoms with E-state index in [4.69, 9.17) is 16.3 Å². The Hall–Kier alpha value is -2.31. The molecule has 0 atom stereocenters. The van der Waals surface area contributed by atoms with Crippen LogP contribution in [0.2, 0.25) is 5.02 Å². The number of carbonyl (C=O) groups excluding carboxylic acids is 1. The van der Waals surface area contributed by atoms with Gasteiger partial charge in [-0.05, 0) is 31.2 Å². The zero-order valence-corrected chi connectivity index (χ0v) is 16.0. The first-order valence-electron chi connectivity index (χ1n) is 8.12. The average Bonchev–Trinajstić information content (AvgIpc) is 3.08. The number of benzene rings is 2. The molecule has 26 heavy (non-hydrogen) atoms. The van der Waals surface area contributed by atoms with Gasteiger partial charge in [-0.2, -0.15) is 0 Å². The van der Waals surface area contributed by atoms with Crippen molar-refractivity contribution in [3.8, 4) is 17.1 Å². The van der Waals surface area contributed by atoms with Gasteiger partial charge in [0.2, 0.25) is 0 Å². The molecule has 0 spiro atoms. The van der Waals surface area contributed by atoms with Crippen LogP contribution in [-0.4, -0.2) is 33.4 Å². The number of Topliss-reactive ketones (excluding diaryl/α,β-unsaturated/α-hetero) is 1. The monoisotopic (exact) mass is 387 g/mol. The number of halogens is 1. The second-order valence-electron chi connectivity index (χ2n) is 5.47. The van der Waals surface area contributed by atoms with Crippen LogP contribution in [0.3, 0.4) is 0 Å². The largest absolute Gasteiger partial charge is 0.496 e. The third-order valence-corrected chi connectivity index (χ3v) is 5.06. The first kappa shape index (κ1) is 18.5. The number of hydrogen-bond acceptors (Lipinski definition) is 5. The van der Waals surface area contributed by atoms with Gasteiger partial charge in [-0.25, -0.2) is 0 Å². The molecule has 0 unspecified atom stereocenters. The molecule has 0 radical (unpaired) electrons. The van der Waals surface area contributed by atoms with Crippen molar-refractivity contribution in [2.45, 2.75) is 18.6 Å². The molecule has 0 aliphatic rings. The van der Waals surface area contributed by atoms with Crippen LogP contribution in [0, 0.1) is 0 Å². The predicted molar refractivity (Wildman–Crippen MR) is 104 cm³/mol. The van der Waals surface area contributed by atoms with Crippen LogP contribution in [-0.2, 0) is 6.54 Å². The number of nitrogens with zero attached hydrogens (tertiary/aromatic N) is 3. The van der Waals surface area contributed by atoms with Crippen molar-refractivity contribution < 1.29 is 9.53 Å². The molecule has 0 bridgehead atoms. The molecular formula is C19H18ClN3O2S. The van der Waals surface area contributed by atoms with Crippen LogP contribution >= 0.6 is 23.4 Å². The fraction of sp³-hybridized carbons (Fsp3) is 0.211. The lowest BCUT2D eigenvalue weighted by atomic mass is 10.1. The number of ketones is 1. The topological polar surface area (TPSA) is 57.0 Å². The lowest BCUT2D eigenvalue weighted by Gasteiger charge is -2.10. The maximum absolute atomic E-state index is 12.4. The number of ether oxygens (including phenoxy) is 1. The third-order valence-electron chi connectivity index (χ3n) is 3.86. The maximum Gasteiger partial charge on any atom is 0.191 e. The van der Waals surface area contributed by atoms with Crippen molar-refractivity contribution in [3.63, 3.8) is 0 Å². The van der Waals surface area contributed by atoms with Crippen molar-refractivity contribution in [1.82, 2.24) is 14.8 Å². The molecule has 5 nitrogen and oxygen atoms in total. The second kappa shape index (κ2) is 8.38.